The van der Waals surface area contributed by atoms with Crippen LogP contribution in [0.15, 0.2) is 54.6 Å². The molecule has 0 aromatic heterocycles. The van der Waals surface area contributed by atoms with E-state index < -0.39 is 0 Å². The van der Waals surface area contributed by atoms with Crippen molar-refractivity contribution >= 4 is 5.69 Å². The molecule has 3 heteroatoms. The van der Waals surface area contributed by atoms with Crippen LogP contribution in [0.3, 0.4) is 0 Å². The number of hydroxylamine groups is 1. The summed E-state index contributed by atoms with van der Waals surface area (Å²) in [5.41, 5.74) is 2.23. The fraction of sp³-hybridized carbons (Fsp3) is 0.235. The van der Waals surface area contributed by atoms with Crippen LogP contribution in [0, 0.1) is 11.3 Å². The number of benzene rings is 2. The molecule has 0 radical (unpaired) electrons. The van der Waals surface area contributed by atoms with Crippen molar-refractivity contribution in [2.45, 2.75) is 19.8 Å². The zero-order valence-corrected chi connectivity index (χ0v) is 11.6. The number of hydrogen-bond donors (Lipinski definition) is 0. The van der Waals surface area contributed by atoms with E-state index in [1.165, 1.54) is 5.56 Å². The highest BCUT2D eigenvalue weighted by atomic mass is 16.7. The molecule has 2 aromatic carbocycles. The van der Waals surface area contributed by atoms with Gasteiger partial charge in [-0.3, -0.25) is 0 Å². The summed E-state index contributed by atoms with van der Waals surface area (Å²) in [4.78, 5) is 5.93. The molecule has 0 bridgehead atoms. The summed E-state index contributed by atoms with van der Waals surface area (Å²) in [6, 6.07) is 19.9. The number of nitriles is 1. The van der Waals surface area contributed by atoms with Gasteiger partial charge >= 0.3 is 0 Å². The van der Waals surface area contributed by atoms with Gasteiger partial charge in [-0.15, -0.1) is 0 Å². The Bertz CT molecular complexity index is 575. The van der Waals surface area contributed by atoms with Crippen LogP contribution in [-0.4, -0.2) is 6.54 Å². The third-order valence-electron chi connectivity index (χ3n) is 3.03. The summed E-state index contributed by atoms with van der Waals surface area (Å²) >= 11 is 0. The number of rotatable bonds is 6. The van der Waals surface area contributed by atoms with Crippen molar-refractivity contribution in [3.05, 3.63) is 60.2 Å². The van der Waals surface area contributed by atoms with Gasteiger partial charge in [-0.2, -0.15) is 5.26 Å². The third kappa shape index (κ3) is 3.52. The summed E-state index contributed by atoms with van der Waals surface area (Å²) in [7, 11) is 0. The first-order valence-corrected chi connectivity index (χ1v) is 6.80. The number of para-hydroxylation sites is 2. The molecule has 0 saturated heterocycles. The first-order valence-electron chi connectivity index (χ1n) is 6.80. The van der Waals surface area contributed by atoms with Crippen molar-refractivity contribution in [1.29, 1.82) is 5.26 Å². The number of aryl methyl sites for hydroxylation is 1. The lowest BCUT2D eigenvalue weighted by molar-refractivity contribution is 0.280. The third-order valence-corrected chi connectivity index (χ3v) is 3.03. The molecule has 2 rings (SSSR count). The Kier molecular flexibility index (Phi) is 5.02. The van der Waals surface area contributed by atoms with E-state index in [1.807, 2.05) is 48.5 Å². The lowest BCUT2D eigenvalue weighted by Gasteiger charge is -2.25. The molecular formula is C17H18N2O. The Morgan fingerprint density at radius 2 is 1.75 bits per heavy atom. The largest absolute Gasteiger partial charge is 0.380 e. The van der Waals surface area contributed by atoms with E-state index in [-0.39, 0.29) is 0 Å². The molecule has 0 fully saturated rings. The van der Waals surface area contributed by atoms with E-state index in [1.54, 1.807) is 5.06 Å². The summed E-state index contributed by atoms with van der Waals surface area (Å²) in [5.74, 6) is 0.774. The molecule has 3 nitrogen and oxygen atoms in total. The zero-order chi connectivity index (χ0) is 14.2. The van der Waals surface area contributed by atoms with Crippen molar-refractivity contribution in [3.63, 3.8) is 0 Å². The number of hydrogen-bond acceptors (Lipinski definition) is 3. The topological polar surface area (TPSA) is 36.3 Å². The Balaban J connectivity index is 2.25. The Morgan fingerprint density at radius 3 is 2.45 bits per heavy atom. The summed E-state index contributed by atoms with van der Waals surface area (Å²) in [5, 5.41) is 10.6. The molecule has 102 valence electrons. The Morgan fingerprint density at radius 1 is 1.05 bits per heavy atom. The first kappa shape index (κ1) is 14.0. The summed E-state index contributed by atoms with van der Waals surface area (Å²) in [6.07, 6.45) is 1.35. The molecular weight excluding hydrogens is 248 g/mol. The van der Waals surface area contributed by atoms with Crippen LogP contribution in [0.5, 0.6) is 5.75 Å². The van der Waals surface area contributed by atoms with Crippen LogP contribution in [0.4, 0.5) is 5.69 Å². The van der Waals surface area contributed by atoms with E-state index >= 15 is 0 Å². The fourth-order valence-electron chi connectivity index (χ4n) is 2.03. The average molecular weight is 266 g/mol. The van der Waals surface area contributed by atoms with Crippen molar-refractivity contribution in [1.82, 2.24) is 0 Å². The van der Waals surface area contributed by atoms with Gasteiger partial charge < -0.3 is 4.84 Å². The normalized spacial score (nSPS) is 9.80. The molecule has 0 spiro atoms. The molecule has 0 aliphatic carbocycles. The van der Waals surface area contributed by atoms with Crippen LogP contribution in [0.25, 0.3) is 0 Å². The second-order valence-corrected chi connectivity index (χ2v) is 4.40. The fourth-order valence-corrected chi connectivity index (χ4v) is 2.03. The predicted octanol–water partition coefficient (Wildman–Crippen LogP) is 3.96. The number of anilines is 1. The highest BCUT2D eigenvalue weighted by Crippen LogP contribution is 2.23. The Labute approximate surface area is 120 Å². The maximum absolute atomic E-state index is 8.82. The second kappa shape index (κ2) is 7.20. The minimum absolute atomic E-state index is 0.422. The zero-order valence-electron chi connectivity index (χ0n) is 11.6. The van der Waals surface area contributed by atoms with Crippen LogP contribution in [0.2, 0.25) is 0 Å². The Hall–Kier alpha value is -2.47. The quantitative estimate of drug-likeness (QED) is 0.742. The molecule has 0 atom stereocenters. The predicted molar refractivity (Wildman–Crippen MR) is 80.5 cm³/mol. The van der Waals surface area contributed by atoms with Crippen LogP contribution in [0.1, 0.15) is 18.9 Å². The molecule has 0 aliphatic heterocycles. The van der Waals surface area contributed by atoms with Gasteiger partial charge in [0.05, 0.1) is 24.7 Å². The van der Waals surface area contributed by atoms with Gasteiger partial charge in [0.15, 0.2) is 5.75 Å². The summed E-state index contributed by atoms with van der Waals surface area (Å²) < 4.78 is 0. The monoisotopic (exact) mass is 266 g/mol. The highest BCUT2D eigenvalue weighted by Gasteiger charge is 2.11. The maximum atomic E-state index is 8.82. The molecule has 2 aromatic rings. The van der Waals surface area contributed by atoms with Crippen molar-refractivity contribution in [2.75, 3.05) is 11.6 Å². The van der Waals surface area contributed by atoms with Crippen molar-refractivity contribution in [3.8, 4) is 11.8 Å². The molecule has 0 amide bonds. The van der Waals surface area contributed by atoms with E-state index in [4.69, 9.17) is 10.1 Å². The SMILES string of the molecule is CCc1ccccc1N(CCC#N)Oc1ccccc1. The minimum atomic E-state index is 0.422. The van der Waals surface area contributed by atoms with E-state index in [2.05, 4.69) is 19.1 Å². The molecule has 20 heavy (non-hydrogen) atoms. The first-order chi connectivity index (χ1) is 9.85. The lowest BCUT2D eigenvalue weighted by Crippen LogP contribution is -2.29. The van der Waals surface area contributed by atoms with Crippen LogP contribution in [-0.2, 0) is 6.42 Å². The van der Waals surface area contributed by atoms with E-state index in [0.717, 1.165) is 17.9 Å². The van der Waals surface area contributed by atoms with Gasteiger partial charge in [-0.05, 0) is 30.2 Å². The van der Waals surface area contributed by atoms with Gasteiger partial charge in [-0.25, -0.2) is 5.06 Å². The molecule has 0 N–H and O–H groups in total. The average Bonchev–Trinajstić information content (AvgIpc) is 2.52. The van der Waals surface area contributed by atoms with Gasteiger partial charge in [-0.1, -0.05) is 43.3 Å². The van der Waals surface area contributed by atoms with Crippen molar-refractivity contribution in [2.24, 2.45) is 0 Å². The van der Waals surface area contributed by atoms with Gasteiger partial charge in [0.2, 0.25) is 0 Å². The molecule has 0 unspecified atom stereocenters. The van der Waals surface area contributed by atoms with E-state index in [9.17, 15) is 0 Å². The standard InChI is InChI=1S/C17H18N2O/c1-2-15-9-6-7-12-17(15)19(14-8-13-18)20-16-10-4-3-5-11-16/h3-7,9-12H,2,8,14H2,1H3. The van der Waals surface area contributed by atoms with Crippen LogP contribution < -0.4 is 9.90 Å². The van der Waals surface area contributed by atoms with Gasteiger partial charge in [0.1, 0.15) is 0 Å². The smallest absolute Gasteiger partial charge is 0.155 e. The van der Waals surface area contributed by atoms with Crippen LogP contribution >= 0.6 is 0 Å². The lowest BCUT2D eigenvalue weighted by atomic mass is 10.1. The van der Waals surface area contributed by atoms with E-state index in [0.29, 0.717) is 13.0 Å². The maximum Gasteiger partial charge on any atom is 0.155 e. The minimum Gasteiger partial charge on any atom is -0.380 e. The van der Waals surface area contributed by atoms with Gasteiger partial charge in [0, 0.05) is 0 Å². The highest BCUT2D eigenvalue weighted by molar-refractivity contribution is 5.52. The number of nitrogens with zero attached hydrogens (tertiary/aromatic N) is 2. The molecule has 0 saturated carbocycles. The molecule has 0 aliphatic rings. The second-order valence-electron chi connectivity index (χ2n) is 4.40. The molecule has 0 heterocycles. The van der Waals surface area contributed by atoms with Crippen molar-refractivity contribution < 1.29 is 4.84 Å². The summed E-state index contributed by atoms with van der Waals surface area (Å²) in [6.45, 7) is 2.66. The van der Waals surface area contributed by atoms with Gasteiger partial charge in [0.25, 0.3) is 0 Å².